The van der Waals surface area contributed by atoms with Crippen LogP contribution in [0.2, 0.25) is 0 Å². The van der Waals surface area contributed by atoms with Gasteiger partial charge in [0.2, 0.25) is 5.95 Å². The van der Waals surface area contributed by atoms with Crippen molar-refractivity contribution in [3.8, 4) is 0 Å². The molecule has 1 aromatic carbocycles. The van der Waals surface area contributed by atoms with E-state index >= 15 is 0 Å². The first-order chi connectivity index (χ1) is 6.18. The first kappa shape index (κ1) is 7.91. The number of rotatable bonds is 0. The summed E-state index contributed by atoms with van der Waals surface area (Å²) in [6, 6.07) is 3.07. The lowest BCUT2D eigenvalue weighted by Crippen LogP contribution is -1.96. The van der Waals surface area contributed by atoms with Crippen molar-refractivity contribution in [1.82, 2.24) is 9.97 Å². The summed E-state index contributed by atoms with van der Waals surface area (Å²) in [7, 11) is 0. The van der Waals surface area contributed by atoms with Crippen LogP contribution in [-0.2, 0) is 0 Å². The summed E-state index contributed by atoms with van der Waals surface area (Å²) in [6.45, 7) is 1.86. The van der Waals surface area contributed by atoms with Gasteiger partial charge in [0.1, 0.15) is 5.82 Å². The molecule has 2 rings (SSSR count). The minimum absolute atomic E-state index is 0.168. The highest BCUT2D eigenvalue weighted by molar-refractivity contribution is 5.82. The van der Waals surface area contributed by atoms with Crippen molar-refractivity contribution in [2.24, 2.45) is 0 Å². The second-order valence-corrected chi connectivity index (χ2v) is 2.85. The maximum atomic E-state index is 13.2. The summed E-state index contributed by atoms with van der Waals surface area (Å²) in [4.78, 5) is 7.70. The molecule has 0 atom stereocenters. The Morgan fingerprint density at radius 1 is 1.38 bits per heavy atom. The number of hydrogen-bond donors (Lipinski definition) is 1. The van der Waals surface area contributed by atoms with E-state index in [0.717, 1.165) is 5.56 Å². The van der Waals surface area contributed by atoms with Gasteiger partial charge in [-0.15, -0.1) is 0 Å². The lowest BCUT2D eigenvalue weighted by molar-refractivity contribution is 0.639. The van der Waals surface area contributed by atoms with E-state index in [4.69, 9.17) is 5.73 Å². The van der Waals surface area contributed by atoms with Crippen LogP contribution in [0.5, 0.6) is 0 Å². The molecular weight excluding hydrogens is 169 g/mol. The highest BCUT2D eigenvalue weighted by Gasteiger charge is 2.04. The molecule has 0 aliphatic rings. The Bertz CT molecular complexity index is 468. The molecule has 4 heteroatoms. The van der Waals surface area contributed by atoms with E-state index in [1.165, 1.54) is 12.3 Å². The molecule has 1 heterocycles. The van der Waals surface area contributed by atoms with E-state index in [9.17, 15) is 4.39 Å². The van der Waals surface area contributed by atoms with Crippen molar-refractivity contribution in [3.05, 3.63) is 29.7 Å². The second kappa shape index (κ2) is 2.65. The number of nitrogens with zero attached hydrogens (tertiary/aromatic N) is 2. The minimum atomic E-state index is -0.319. The average Bonchev–Trinajstić information content (AvgIpc) is 2.12. The molecule has 2 N–H and O–H groups in total. The molecule has 3 nitrogen and oxygen atoms in total. The lowest BCUT2D eigenvalue weighted by atomic mass is 10.1. The lowest BCUT2D eigenvalue weighted by Gasteiger charge is -2.01. The van der Waals surface area contributed by atoms with Gasteiger partial charge in [-0.05, 0) is 18.6 Å². The van der Waals surface area contributed by atoms with Gasteiger partial charge in [0.25, 0.3) is 0 Å². The minimum Gasteiger partial charge on any atom is -0.368 e. The Labute approximate surface area is 74.4 Å². The second-order valence-electron chi connectivity index (χ2n) is 2.85. The molecule has 0 saturated heterocycles. The zero-order chi connectivity index (χ0) is 9.42. The monoisotopic (exact) mass is 177 g/mol. The van der Waals surface area contributed by atoms with Crippen LogP contribution in [0.15, 0.2) is 18.3 Å². The van der Waals surface area contributed by atoms with Crippen LogP contribution in [0.3, 0.4) is 0 Å². The Morgan fingerprint density at radius 2 is 2.15 bits per heavy atom. The Morgan fingerprint density at radius 3 is 2.92 bits per heavy atom. The average molecular weight is 177 g/mol. The molecule has 0 aliphatic carbocycles. The molecule has 13 heavy (non-hydrogen) atoms. The van der Waals surface area contributed by atoms with Gasteiger partial charge in [0.15, 0.2) is 0 Å². The molecule has 0 saturated carbocycles. The van der Waals surface area contributed by atoms with Crippen molar-refractivity contribution in [1.29, 1.82) is 0 Å². The summed E-state index contributed by atoms with van der Waals surface area (Å²) < 4.78 is 13.2. The third kappa shape index (κ3) is 1.20. The largest absolute Gasteiger partial charge is 0.368 e. The number of aromatic nitrogens is 2. The predicted molar refractivity (Wildman–Crippen MR) is 48.6 cm³/mol. The molecule has 1 aromatic heterocycles. The molecule has 66 valence electrons. The van der Waals surface area contributed by atoms with E-state index in [-0.39, 0.29) is 11.8 Å². The molecule has 0 radical (unpaired) electrons. The molecule has 0 fully saturated rings. The van der Waals surface area contributed by atoms with Crippen LogP contribution in [0.1, 0.15) is 5.56 Å². The summed E-state index contributed by atoms with van der Waals surface area (Å²) in [5.74, 6) is -0.151. The predicted octanol–water partition coefficient (Wildman–Crippen LogP) is 1.66. The third-order valence-electron chi connectivity index (χ3n) is 1.92. The normalized spacial score (nSPS) is 10.6. The number of halogens is 1. The first-order valence-corrected chi connectivity index (χ1v) is 3.86. The van der Waals surface area contributed by atoms with Crippen molar-refractivity contribution in [3.63, 3.8) is 0 Å². The number of fused-ring (bicyclic) bond motifs is 1. The Balaban J connectivity index is 2.92. The number of benzene rings is 1. The summed E-state index contributed by atoms with van der Waals surface area (Å²) in [6.07, 6.45) is 1.40. The third-order valence-corrected chi connectivity index (χ3v) is 1.92. The van der Waals surface area contributed by atoms with E-state index in [0.29, 0.717) is 10.9 Å². The zero-order valence-electron chi connectivity index (χ0n) is 7.08. The van der Waals surface area contributed by atoms with Crippen molar-refractivity contribution < 1.29 is 4.39 Å². The van der Waals surface area contributed by atoms with E-state index in [2.05, 4.69) is 9.97 Å². The van der Waals surface area contributed by atoms with E-state index in [1.54, 1.807) is 6.07 Å². The highest BCUT2D eigenvalue weighted by atomic mass is 19.1. The molecule has 0 amide bonds. The van der Waals surface area contributed by atoms with Crippen molar-refractivity contribution in [2.45, 2.75) is 6.92 Å². The first-order valence-electron chi connectivity index (χ1n) is 3.86. The summed E-state index contributed by atoms with van der Waals surface area (Å²) >= 11 is 0. The SMILES string of the molecule is Cc1ccc(F)c2cnc(N)nc12. The highest BCUT2D eigenvalue weighted by Crippen LogP contribution is 2.18. The maximum absolute atomic E-state index is 13.2. The topological polar surface area (TPSA) is 51.8 Å². The molecular formula is C9H8FN3. The van der Waals surface area contributed by atoms with Crippen LogP contribution in [0.4, 0.5) is 10.3 Å². The Kier molecular flexibility index (Phi) is 1.62. The quantitative estimate of drug-likeness (QED) is 0.665. The van der Waals surface area contributed by atoms with Crippen LogP contribution >= 0.6 is 0 Å². The van der Waals surface area contributed by atoms with Crippen LogP contribution in [-0.4, -0.2) is 9.97 Å². The number of aryl methyl sites for hydroxylation is 1. The fourth-order valence-electron chi connectivity index (χ4n) is 1.24. The standard InChI is InChI=1S/C9H8FN3/c1-5-2-3-7(10)6-4-12-9(11)13-8(5)6/h2-4H,1H3,(H2,11,12,13). The fourth-order valence-corrected chi connectivity index (χ4v) is 1.24. The van der Waals surface area contributed by atoms with Gasteiger partial charge in [-0.3, -0.25) is 0 Å². The van der Waals surface area contributed by atoms with Crippen molar-refractivity contribution >= 4 is 16.9 Å². The number of hydrogen-bond acceptors (Lipinski definition) is 3. The maximum Gasteiger partial charge on any atom is 0.220 e. The van der Waals surface area contributed by atoms with Crippen LogP contribution in [0.25, 0.3) is 10.9 Å². The summed E-state index contributed by atoms with van der Waals surface area (Å²) in [5.41, 5.74) is 6.87. The zero-order valence-corrected chi connectivity index (χ0v) is 7.08. The molecule has 0 bridgehead atoms. The van der Waals surface area contributed by atoms with Gasteiger partial charge < -0.3 is 5.73 Å². The molecule has 0 unspecified atom stereocenters. The van der Waals surface area contributed by atoms with Gasteiger partial charge in [-0.1, -0.05) is 6.07 Å². The van der Waals surface area contributed by atoms with E-state index < -0.39 is 0 Å². The van der Waals surface area contributed by atoms with Gasteiger partial charge in [-0.2, -0.15) is 0 Å². The van der Waals surface area contributed by atoms with Gasteiger partial charge in [0.05, 0.1) is 10.9 Å². The Hall–Kier alpha value is -1.71. The van der Waals surface area contributed by atoms with Gasteiger partial charge in [-0.25, -0.2) is 14.4 Å². The number of nitrogen functional groups attached to an aromatic ring is 1. The summed E-state index contributed by atoms with van der Waals surface area (Å²) in [5, 5.41) is 0.411. The molecule has 2 aromatic rings. The van der Waals surface area contributed by atoms with Crippen molar-refractivity contribution in [2.75, 3.05) is 5.73 Å². The van der Waals surface area contributed by atoms with Crippen LogP contribution < -0.4 is 5.73 Å². The number of nitrogens with two attached hydrogens (primary N) is 1. The van der Waals surface area contributed by atoms with E-state index in [1.807, 2.05) is 6.92 Å². The van der Waals surface area contributed by atoms with Crippen LogP contribution in [0, 0.1) is 12.7 Å². The van der Waals surface area contributed by atoms with Gasteiger partial charge in [0, 0.05) is 6.20 Å². The van der Waals surface area contributed by atoms with Gasteiger partial charge >= 0.3 is 0 Å². The smallest absolute Gasteiger partial charge is 0.220 e. The number of anilines is 1. The molecule has 0 spiro atoms. The fraction of sp³-hybridized carbons (Fsp3) is 0.111. The molecule has 0 aliphatic heterocycles.